The minimum atomic E-state index is 0.464. The van der Waals surface area contributed by atoms with E-state index in [2.05, 4.69) is 25.6 Å². The smallest absolute Gasteiger partial charge is 0.182 e. The SMILES string of the molecule is Cc1nc(NC#N)cc(Nc2cccnc2)n1. The number of nitrogens with one attached hydrogen (secondary N) is 2. The lowest BCUT2D eigenvalue weighted by Gasteiger charge is -2.06. The molecule has 0 spiro atoms. The molecule has 0 saturated carbocycles. The molecule has 6 nitrogen and oxygen atoms in total. The third-order valence-electron chi connectivity index (χ3n) is 1.96. The molecule has 0 unspecified atom stereocenters. The number of nitriles is 1. The van der Waals surface area contributed by atoms with Crippen LogP contribution in [0.2, 0.25) is 0 Å². The summed E-state index contributed by atoms with van der Waals surface area (Å²) in [7, 11) is 0. The number of aromatic nitrogens is 3. The topological polar surface area (TPSA) is 86.5 Å². The summed E-state index contributed by atoms with van der Waals surface area (Å²) in [6.45, 7) is 1.76. The van der Waals surface area contributed by atoms with Gasteiger partial charge in [0, 0.05) is 12.3 Å². The Labute approximate surface area is 98.4 Å². The van der Waals surface area contributed by atoms with Crippen molar-refractivity contribution in [1.29, 1.82) is 5.26 Å². The predicted octanol–water partition coefficient (Wildman–Crippen LogP) is 1.82. The molecule has 0 atom stereocenters. The van der Waals surface area contributed by atoms with Gasteiger partial charge in [0.1, 0.15) is 17.5 Å². The molecule has 6 heteroatoms. The second kappa shape index (κ2) is 4.90. The van der Waals surface area contributed by atoms with Crippen LogP contribution < -0.4 is 10.6 Å². The normalized spacial score (nSPS) is 9.41. The Balaban J connectivity index is 2.24. The molecule has 0 radical (unpaired) electrons. The van der Waals surface area contributed by atoms with Crippen molar-refractivity contribution in [2.75, 3.05) is 10.6 Å². The largest absolute Gasteiger partial charge is 0.339 e. The number of aryl methyl sites for hydroxylation is 1. The summed E-state index contributed by atoms with van der Waals surface area (Å²) in [5.74, 6) is 1.66. The molecule has 0 amide bonds. The first-order valence-corrected chi connectivity index (χ1v) is 4.96. The standard InChI is InChI=1S/C11H10N6/c1-8-15-10(14-7-12)5-11(16-8)17-9-3-2-4-13-6-9/h2-6H,1H3,(H2,14,15,16,17). The Bertz CT molecular complexity index is 546. The average molecular weight is 226 g/mol. The van der Waals surface area contributed by atoms with Gasteiger partial charge in [0.05, 0.1) is 11.9 Å². The van der Waals surface area contributed by atoms with Gasteiger partial charge in [-0.2, -0.15) is 5.26 Å². The summed E-state index contributed by atoms with van der Waals surface area (Å²) >= 11 is 0. The molecule has 0 aliphatic carbocycles. The van der Waals surface area contributed by atoms with Crippen LogP contribution in [0.3, 0.4) is 0 Å². The van der Waals surface area contributed by atoms with Crippen LogP contribution in [0.15, 0.2) is 30.6 Å². The van der Waals surface area contributed by atoms with Crippen LogP contribution in [0, 0.1) is 18.4 Å². The van der Waals surface area contributed by atoms with Crippen molar-refractivity contribution >= 4 is 17.3 Å². The molecule has 2 aromatic rings. The Morgan fingerprint density at radius 3 is 2.82 bits per heavy atom. The van der Waals surface area contributed by atoms with Gasteiger partial charge in [0.15, 0.2) is 6.19 Å². The number of pyridine rings is 1. The molecule has 2 heterocycles. The summed E-state index contributed by atoms with van der Waals surface area (Å²) in [4.78, 5) is 12.3. The minimum absolute atomic E-state index is 0.464. The number of anilines is 3. The van der Waals surface area contributed by atoms with Crippen molar-refractivity contribution in [3.05, 3.63) is 36.4 Å². The van der Waals surface area contributed by atoms with Crippen molar-refractivity contribution in [3.63, 3.8) is 0 Å². The number of hydrogen-bond acceptors (Lipinski definition) is 6. The Hall–Kier alpha value is -2.68. The molecule has 0 aliphatic rings. The molecule has 84 valence electrons. The lowest BCUT2D eigenvalue weighted by atomic mass is 10.4. The van der Waals surface area contributed by atoms with Crippen LogP contribution in [0.1, 0.15) is 5.82 Å². The van der Waals surface area contributed by atoms with Crippen LogP contribution in [0.25, 0.3) is 0 Å². The fraction of sp³-hybridized carbons (Fsp3) is 0.0909. The highest BCUT2D eigenvalue weighted by molar-refractivity contribution is 5.58. The second-order valence-electron chi connectivity index (χ2n) is 3.29. The summed E-state index contributed by atoms with van der Waals surface area (Å²) in [5, 5.41) is 14.1. The van der Waals surface area contributed by atoms with E-state index in [1.807, 2.05) is 18.3 Å². The van der Waals surface area contributed by atoms with Gasteiger partial charge in [0.25, 0.3) is 0 Å². The van der Waals surface area contributed by atoms with Gasteiger partial charge < -0.3 is 5.32 Å². The molecular formula is C11H10N6. The van der Waals surface area contributed by atoms with Gasteiger partial charge in [-0.25, -0.2) is 9.97 Å². The maximum Gasteiger partial charge on any atom is 0.182 e. The van der Waals surface area contributed by atoms with Gasteiger partial charge in [-0.1, -0.05) is 0 Å². The van der Waals surface area contributed by atoms with Crippen molar-refractivity contribution < 1.29 is 0 Å². The molecule has 2 N–H and O–H groups in total. The van der Waals surface area contributed by atoms with Gasteiger partial charge in [-0.05, 0) is 19.1 Å². The van der Waals surface area contributed by atoms with Crippen LogP contribution in [0.5, 0.6) is 0 Å². The molecule has 2 rings (SSSR count). The first kappa shape index (κ1) is 10.8. The zero-order valence-electron chi connectivity index (χ0n) is 9.18. The average Bonchev–Trinajstić information content (AvgIpc) is 2.30. The number of nitrogens with zero attached hydrogens (tertiary/aromatic N) is 4. The molecule has 0 saturated heterocycles. The molecule has 17 heavy (non-hydrogen) atoms. The van der Waals surface area contributed by atoms with Crippen molar-refractivity contribution in [2.45, 2.75) is 6.92 Å². The lowest BCUT2D eigenvalue weighted by Crippen LogP contribution is -2.01. The highest BCUT2D eigenvalue weighted by Crippen LogP contribution is 2.15. The van der Waals surface area contributed by atoms with Crippen molar-refractivity contribution in [1.82, 2.24) is 15.0 Å². The summed E-state index contributed by atoms with van der Waals surface area (Å²) < 4.78 is 0. The van der Waals surface area contributed by atoms with E-state index >= 15 is 0 Å². The fourth-order valence-corrected chi connectivity index (χ4v) is 1.34. The van der Waals surface area contributed by atoms with Gasteiger partial charge in [-0.3, -0.25) is 10.3 Å². The monoisotopic (exact) mass is 226 g/mol. The lowest BCUT2D eigenvalue weighted by molar-refractivity contribution is 1.06. The zero-order valence-corrected chi connectivity index (χ0v) is 9.18. The number of rotatable bonds is 3. The van der Waals surface area contributed by atoms with Crippen LogP contribution in [0.4, 0.5) is 17.3 Å². The van der Waals surface area contributed by atoms with E-state index < -0.39 is 0 Å². The quantitative estimate of drug-likeness (QED) is 0.613. The van der Waals surface area contributed by atoms with E-state index in [1.165, 1.54) is 0 Å². The predicted molar refractivity (Wildman–Crippen MR) is 63.5 cm³/mol. The van der Waals surface area contributed by atoms with Gasteiger partial charge in [0.2, 0.25) is 0 Å². The second-order valence-corrected chi connectivity index (χ2v) is 3.29. The Morgan fingerprint density at radius 2 is 2.12 bits per heavy atom. The van der Waals surface area contributed by atoms with Crippen LogP contribution in [-0.2, 0) is 0 Å². The summed E-state index contributed by atoms with van der Waals surface area (Å²) in [6.07, 6.45) is 5.20. The maximum atomic E-state index is 8.54. The van der Waals surface area contributed by atoms with E-state index in [9.17, 15) is 0 Å². The maximum absolute atomic E-state index is 8.54. The van der Waals surface area contributed by atoms with Crippen LogP contribution in [-0.4, -0.2) is 15.0 Å². The van der Waals surface area contributed by atoms with Crippen molar-refractivity contribution in [2.24, 2.45) is 0 Å². The minimum Gasteiger partial charge on any atom is -0.339 e. The van der Waals surface area contributed by atoms with E-state index in [-0.39, 0.29) is 0 Å². The molecule has 0 fully saturated rings. The van der Waals surface area contributed by atoms with Gasteiger partial charge >= 0.3 is 0 Å². The van der Waals surface area contributed by atoms with Crippen molar-refractivity contribution in [3.8, 4) is 6.19 Å². The summed E-state index contributed by atoms with van der Waals surface area (Å²) in [5.41, 5.74) is 0.827. The van der Waals surface area contributed by atoms with Crippen LogP contribution >= 0.6 is 0 Å². The number of hydrogen-bond donors (Lipinski definition) is 2. The molecule has 0 aromatic carbocycles. The molecule has 2 aromatic heterocycles. The molecular weight excluding hydrogens is 216 g/mol. The first-order valence-electron chi connectivity index (χ1n) is 4.96. The highest BCUT2D eigenvalue weighted by Gasteiger charge is 2.01. The highest BCUT2D eigenvalue weighted by atomic mass is 15.1. The fourth-order valence-electron chi connectivity index (χ4n) is 1.34. The van der Waals surface area contributed by atoms with E-state index in [0.717, 1.165) is 5.69 Å². The zero-order chi connectivity index (χ0) is 12.1. The van der Waals surface area contributed by atoms with Gasteiger partial charge in [-0.15, -0.1) is 0 Å². The first-order chi connectivity index (χ1) is 8.28. The molecule has 0 aliphatic heterocycles. The van der Waals surface area contributed by atoms with E-state index in [0.29, 0.717) is 17.5 Å². The third-order valence-corrected chi connectivity index (χ3v) is 1.96. The Kier molecular flexibility index (Phi) is 3.12. The Morgan fingerprint density at radius 1 is 1.29 bits per heavy atom. The van der Waals surface area contributed by atoms with E-state index in [1.54, 1.807) is 25.4 Å². The third kappa shape index (κ3) is 2.89. The summed E-state index contributed by atoms with van der Waals surface area (Å²) in [6, 6.07) is 5.36. The van der Waals surface area contributed by atoms with E-state index in [4.69, 9.17) is 5.26 Å². The molecule has 0 bridgehead atoms.